The van der Waals surface area contributed by atoms with E-state index in [0.29, 0.717) is 31.1 Å². The van der Waals surface area contributed by atoms with Crippen LogP contribution in [0.25, 0.3) is 0 Å². The molecule has 3 aliphatic rings. The predicted octanol–water partition coefficient (Wildman–Crippen LogP) is 6.43. The standard InChI is InChI=1S/C36H48ClFN4O6S/c1-23-21-41(35(44)48-36(2,3)4)22-27(42(23)49(45,46)28-14-15-28)13-16-29-30(38)7-6-8-31(29)40-34(43)33(39-5)32(25-17-19-47-20-18-25)24-9-11-26(37)12-10-24/h6-12,23,25,27-28,32-33H,5,13-22H2,1-4H3,(H,40,43)/t23-,27-,32-,33?/m0/s1. The Bertz CT molecular complexity index is 1610. The van der Waals surface area contributed by atoms with Crippen LogP contribution in [-0.2, 0) is 30.7 Å². The Morgan fingerprint density at radius 2 is 1.78 bits per heavy atom. The second-order valence-corrected chi connectivity index (χ2v) is 17.0. The minimum Gasteiger partial charge on any atom is -0.444 e. The summed E-state index contributed by atoms with van der Waals surface area (Å²) in [4.78, 5) is 32.9. The average Bonchev–Trinajstić information content (AvgIpc) is 3.90. The van der Waals surface area contributed by atoms with Gasteiger partial charge in [0, 0.05) is 60.6 Å². The van der Waals surface area contributed by atoms with Gasteiger partial charge in [0.25, 0.3) is 0 Å². The summed E-state index contributed by atoms with van der Waals surface area (Å²) in [5.41, 5.74) is 0.716. The topological polar surface area (TPSA) is 118 Å². The van der Waals surface area contributed by atoms with Crippen molar-refractivity contribution in [2.45, 2.75) is 101 Å². The van der Waals surface area contributed by atoms with E-state index >= 15 is 4.39 Å². The summed E-state index contributed by atoms with van der Waals surface area (Å²) in [6.07, 6.45) is 2.51. The van der Waals surface area contributed by atoms with Crippen molar-refractivity contribution >= 4 is 46.0 Å². The van der Waals surface area contributed by atoms with Gasteiger partial charge in [-0.15, -0.1) is 0 Å². The lowest BCUT2D eigenvalue weighted by Gasteiger charge is -2.45. The third-order valence-corrected chi connectivity index (χ3v) is 12.4. The molecule has 1 unspecified atom stereocenters. The molecule has 0 spiro atoms. The summed E-state index contributed by atoms with van der Waals surface area (Å²) >= 11 is 6.18. The fourth-order valence-electron chi connectivity index (χ4n) is 7.14. The molecule has 4 atom stereocenters. The van der Waals surface area contributed by atoms with E-state index in [4.69, 9.17) is 21.1 Å². The molecule has 13 heteroatoms. The highest BCUT2D eigenvalue weighted by atomic mass is 35.5. The van der Waals surface area contributed by atoms with Gasteiger partial charge in [0.2, 0.25) is 15.9 Å². The monoisotopic (exact) mass is 718 g/mol. The Morgan fingerprint density at radius 1 is 1.10 bits per heavy atom. The van der Waals surface area contributed by atoms with Gasteiger partial charge < -0.3 is 19.7 Å². The fourth-order valence-corrected chi connectivity index (χ4v) is 9.50. The Kier molecular flexibility index (Phi) is 11.7. The number of aliphatic imine (C=N–C) groups is 1. The van der Waals surface area contributed by atoms with Gasteiger partial charge >= 0.3 is 6.09 Å². The number of rotatable bonds is 11. The molecule has 1 N–H and O–H groups in total. The number of sulfonamides is 1. The minimum atomic E-state index is -3.62. The summed E-state index contributed by atoms with van der Waals surface area (Å²) in [6, 6.07) is 9.87. The number of hydrogen-bond donors (Lipinski definition) is 1. The second kappa shape index (κ2) is 15.4. The maximum Gasteiger partial charge on any atom is 0.410 e. The van der Waals surface area contributed by atoms with Gasteiger partial charge in [-0.05, 0) is 109 Å². The molecule has 0 radical (unpaired) electrons. The molecule has 2 aromatic rings. The van der Waals surface area contributed by atoms with Gasteiger partial charge in [0.15, 0.2) is 0 Å². The highest BCUT2D eigenvalue weighted by Gasteiger charge is 2.48. The van der Waals surface area contributed by atoms with Gasteiger partial charge in [-0.3, -0.25) is 9.79 Å². The van der Waals surface area contributed by atoms with Crippen LogP contribution < -0.4 is 5.32 Å². The highest BCUT2D eigenvalue weighted by molar-refractivity contribution is 7.90. The number of hydrogen-bond acceptors (Lipinski definition) is 7. The number of halogens is 2. The van der Waals surface area contributed by atoms with Crippen molar-refractivity contribution in [3.8, 4) is 0 Å². The molecule has 2 aromatic carbocycles. The van der Waals surface area contributed by atoms with Crippen LogP contribution in [0.5, 0.6) is 0 Å². The first kappa shape index (κ1) is 37.2. The van der Waals surface area contributed by atoms with Crippen molar-refractivity contribution in [1.29, 1.82) is 0 Å². The summed E-state index contributed by atoms with van der Waals surface area (Å²) in [7, 11) is -3.62. The van der Waals surface area contributed by atoms with Crippen molar-refractivity contribution < 1.29 is 31.9 Å². The van der Waals surface area contributed by atoms with Crippen LogP contribution in [0.2, 0.25) is 5.02 Å². The Hall–Kier alpha value is -3.06. The maximum atomic E-state index is 15.6. The van der Waals surface area contributed by atoms with E-state index in [1.807, 2.05) is 12.1 Å². The van der Waals surface area contributed by atoms with Crippen LogP contribution in [-0.4, -0.2) is 91.6 Å². The number of nitrogens with one attached hydrogen (secondary N) is 1. The molecule has 1 aliphatic carbocycles. The normalized spacial score (nSPS) is 22.3. The van der Waals surface area contributed by atoms with Gasteiger partial charge in [-0.2, -0.15) is 4.31 Å². The van der Waals surface area contributed by atoms with Gasteiger partial charge in [-0.25, -0.2) is 17.6 Å². The van der Waals surface area contributed by atoms with E-state index in [-0.39, 0.29) is 49.0 Å². The Balaban J connectivity index is 1.39. The van der Waals surface area contributed by atoms with Crippen LogP contribution in [0.15, 0.2) is 47.5 Å². The number of carbonyl (C=O) groups excluding carboxylic acids is 2. The quantitative estimate of drug-likeness (QED) is 0.268. The average molecular weight is 719 g/mol. The van der Waals surface area contributed by atoms with Gasteiger partial charge in [0.1, 0.15) is 17.5 Å². The zero-order valence-corrected chi connectivity index (χ0v) is 30.3. The smallest absolute Gasteiger partial charge is 0.410 e. The molecule has 3 fully saturated rings. The molecule has 10 nitrogen and oxygen atoms in total. The number of amides is 2. The molecule has 0 bridgehead atoms. The third kappa shape index (κ3) is 9.00. The number of nitrogens with zero attached hydrogens (tertiary/aromatic N) is 3. The van der Waals surface area contributed by atoms with E-state index < -0.39 is 56.8 Å². The number of anilines is 1. The van der Waals surface area contributed by atoms with Crippen molar-refractivity contribution in [1.82, 2.24) is 9.21 Å². The zero-order valence-electron chi connectivity index (χ0n) is 28.7. The molecule has 0 aromatic heterocycles. The first-order chi connectivity index (χ1) is 23.2. The summed E-state index contributed by atoms with van der Waals surface area (Å²) in [6.45, 7) is 12.4. The SMILES string of the molecule is C=NC(C(=O)Nc1cccc(F)c1CC[C@H]1CN(C(=O)OC(C)(C)C)C[C@H](C)N1S(=O)(=O)C1CC1)[C@@H](c1ccc(Cl)cc1)C1CCOCC1. The van der Waals surface area contributed by atoms with Gasteiger partial charge in [0.05, 0.1) is 5.25 Å². The van der Waals surface area contributed by atoms with Crippen molar-refractivity contribution in [2.75, 3.05) is 31.6 Å². The fraction of sp³-hybridized carbons (Fsp3) is 0.583. The third-order valence-electron chi connectivity index (χ3n) is 9.54. The molecule has 268 valence electrons. The molecule has 2 aliphatic heterocycles. The van der Waals surface area contributed by atoms with E-state index in [0.717, 1.165) is 18.4 Å². The lowest BCUT2D eigenvalue weighted by molar-refractivity contribution is -0.118. The summed E-state index contributed by atoms with van der Waals surface area (Å²) < 4.78 is 55.6. The first-order valence-corrected chi connectivity index (χ1v) is 18.9. The molecular weight excluding hydrogens is 671 g/mol. The Labute approximate surface area is 294 Å². The van der Waals surface area contributed by atoms with Crippen LogP contribution in [0.1, 0.15) is 76.8 Å². The van der Waals surface area contributed by atoms with E-state index in [1.54, 1.807) is 45.9 Å². The molecule has 1 saturated carbocycles. The van der Waals surface area contributed by atoms with E-state index in [1.165, 1.54) is 21.3 Å². The van der Waals surface area contributed by atoms with Crippen LogP contribution >= 0.6 is 11.6 Å². The Morgan fingerprint density at radius 3 is 2.39 bits per heavy atom. The van der Waals surface area contributed by atoms with E-state index in [2.05, 4.69) is 17.0 Å². The van der Waals surface area contributed by atoms with Crippen molar-refractivity contribution in [2.24, 2.45) is 10.9 Å². The minimum absolute atomic E-state index is 0.101. The molecular formula is C36H48ClFN4O6S. The predicted molar refractivity (Wildman–Crippen MR) is 189 cm³/mol. The van der Waals surface area contributed by atoms with Crippen molar-refractivity contribution in [3.05, 3.63) is 64.4 Å². The number of carbonyl (C=O) groups is 2. The summed E-state index contributed by atoms with van der Waals surface area (Å²) in [5, 5.41) is 3.07. The lowest BCUT2D eigenvalue weighted by Crippen LogP contribution is -2.61. The second-order valence-electron chi connectivity index (χ2n) is 14.4. The van der Waals surface area contributed by atoms with Crippen LogP contribution in [0.4, 0.5) is 14.9 Å². The summed E-state index contributed by atoms with van der Waals surface area (Å²) in [5.74, 6) is -1.15. The first-order valence-electron chi connectivity index (χ1n) is 17.1. The molecule has 49 heavy (non-hydrogen) atoms. The maximum absolute atomic E-state index is 15.6. The number of benzene rings is 2. The van der Waals surface area contributed by atoms with Crippen LogP contribution in [0, 0.1) is 11.7 Å². The van der Waals surface area contributed by atoms with E-state index in [9.17, 15) is 18.0 Å². The van der Waals surface area contributed by atoms with Gasteiger partial charge in [-0.1, -0.05) is 29.8 Å². The zero-order chi connectivity index (χ0) is 35.5. The van der Waals surface area contributed by atoms with Crippen LogP contribution in [0.3, 0.4) is 0 Å². The van der Waals surface area contributed by atoms with Crippen molar-refractivity contribution in [3.63, 3.8) is 0 Å². The molecule has 5 rings (SSSR count). The lowest BCUT2D eigenvalue weighted by atomic mass is 9.76. The molecule has 2 heterocycles. The largest absolute Gasteiger partial charge is 0.444 e. The highest BCUT2D eigenvalue weighted by Crippen LogP contribution is 2.39. The molecule has 2 amide bonds. The number of piperazine rings is 1. The molecule has 2 saturated heterocycles. The number of ether oxygens (including phenoxy) is 2.